The Bertz CT molecular complexity index is 300. The number of thioether (sulfide) groups is 2. The number of hydrogen-bond acceptors (Lipinski definition) is 4. The molecule has 2 nitrogen and oxygen atoms in total. The topological polar surface area (TPSA) is 29.5 Å². The molecule has 4 heteroatoms. The smallest absolute Gasteiger partial charge is 0.102 e. The van der Waals surface area contributed by atoms with E-state index < -0.39 is 0 Å². The van der Waals surface area contributed by atoms with Crippen molar-refractivity contribution in [1.29, 1.82) is 0 Å². The number of aliphatic hydroxyl groups excluding tert-OH is 1. The molecule has 0 aliphatic carbocycles. The van der Waals surface area contributed by atoms with Crippen molar-refractivity contribution in [1.82, 2.24) is 0 Å². The third-order valence-corrected chi connectivity index (χ3v) is 5.20. The predicted octanol–water partition coefficient (Wildman–Crippen LogP) is 3.40. The molecule has 1 rings (SSSR count). The third-order valence-electron chi connectivity index (χ3n) is 2.45. The van der Waals surface area contributed by atoms with E-state index in [1.165, 1.54) is 0 Å². The highest BCUT2D eigenvalue weighted by molar-refractivity contribution is 8.17. The molecule has 0 saturated heterocycles. The molecule has 0 amide bonds. The Labute approximate surface area is 119 Å². The maximum absolute atomic E-state index is 9.48. The van der Waals surface area contributed by atoms with Crippen molar-refractivity contribution < 1.29 is 9.84 Å². The van der Waals surface area contributed by atoms with Gasteiger partial charge in [0.05, 0.1) is 17.8 Å². The van der Waals surface area contributed by atoms with Crippen molar-refractivity contribution in [3.8, 4) is 0 Å². The summed E-state index contributed by atoms with van der Waals surface area (Å²) >= 11 is 3.69. The van der Waals surface area contributed by atoms with E-state index in [4.69, 9.17) is 4.74 Å². The van der Waals surface area contributed by atoms with Gasteiger partial charge in [0.2, 0.25) is 0 Å². The van der Waals surface area contributed by atoms with Crippen molar-refractivity contribution in [2.75, 3.05) is 18.1 Å². The van der Waals surface area contributed by atoms with Crippen LogP contribution in [0.1, 0.15) is 19.4 Å². The molecule has 1 aromatic rings. The lowest BCUT2D eigenvalue weighted by molar-refractivity contribution is 0.0130. The minimum atomic E-state index is -0.0971. The second kappa shape index (κ2) is 9.73. The van der Waals surface area contributed by atoms with Gasteiger partial charge >= 0.3 is 0 Å². The summed E-state index contributed by atoms with van der Waals surface area (Å²) in [6, 6.07) is 10.1. The molecule has 18 heavy (non-hydrogen) atoms. The molecule has 0 aliphatic rings. The van der Waals surface area contributed by atoms with E-state index in [2.05, 4.69) is 13.8 Å². The number of hydrogen-bond donors (Lipinski definition) is 1. The molecule has 0 saturated carbocycles. The Morgan fingerprint density at radius 3 is 2.22 bits per heavy atom. The average Bonchev–Trinajstić information content (AvgIpc) is 2.41. The number of benzene rings is 1. The van der Waals surface area contributed by atoms with Gasteiger partial charge in [-0.1, -0.05) is 44.2 Å². The number of rotatable bonds is 9. The molecule has 0 fully saturated rings. The molecule has 0 radical (unpaired) electrons. The molecular weight excluding hydrogens is 264 g/mol. The molecule has 0 unspecified atom stereocenters. The van der Waals surface area contributed by atoms with Crippen LogP contribution in [0.25, 0.3) is 0 Å². The van der Waals surface area contributed by atoms with Crippen molar-refractivity contribution in [2.45, 2.75) is 31.1 Å². The molecule has 1 atom stereocenters. The summed E-state index contributed by atoms with van der Waals surface area (Å²) in [7, 11) is 0. The fourth-order valence-corrected chi connectivity index (χ4v) is 4.20. The molecule has 0 aliphatic heterocycles. The first-order valence-corrected chi connectivity index (χ1v) is 8.41. The highest BCUT2D eigenvalue weighted by Gasteiger charge is 2.21. The van der Waals surface area contributed by atoms with E-state index in [1.54, 1.807) is 0 Å². The zero-order valence-corrected chi connectivity index (χ0v) is 12.7. The van der Waals surface area contributed by atoms with Gasteiger partial charge in [-0.2, -0.15) is 0 Å². The molecule has 0 spiro atoms. The standard InChI is InChI=1S/C14H22O2S2/c1-3-17-14(18-4-2)13(10-15)16-11-12-8-6-5-7-9-12/h5-9,13-15H,3-4,10-11H2,1-2H3/t13-/m0/s1. The third kappa shape index (κ3) is 5.65. The van der Waals surface area contributed by atoms with Gasteiger partial charge in [0.15, 0.2) is 0 Å². The van der Waals surface area contributed by atoms with Gasteiger partial charge in [-0.15, -0.1) is 23.5 Å². The first-order valence-electron chi connectivity index (χ1n) is 6.31. The Morgan fingerprint density at radius 2 is 1.72 bits per heavy atom. The summed E-state index contributed by atoms with van der Waals surface area (Å²) < 4.78 is 6.17. The molecule has 1 aromatic carbocycles. The SMILES string of the molecule is CCSC(SCC)[C@H](CO)OCc1ccccc1. The first kappa shape index (κ1) is 15.9. The van der Waals surface area contributed by atoms with Crippen LogP contribution < -0.4 is 0 Å². The van der Waals surface area contributed by atoms with Gasteiger partial charge in [0, 0.05) is 0 Å². The second-order valence-electron chi connectivity index (χ2n) is 3.80. The monoisotopic (exact) mass is 286 g/mol. The highest BCUT2D eigenvalue weighted by Crippen LogP contribution is 2.28. The summed E-state index contributed by atoms with van der Waals surface area (Å²) in [4.78, 5) is 0. The van der Waals surface area contributed by atoms with Crippen LogP contribution >= 0.6 is 23.5 Å². The van der Waals surface area contributed by atoms with Crippen molar-refractivity contribution in [3.63, 3.8) is 0 Å². The van der Waals surface area contributed by atoms with Crippen LogP contribution in [-0.4, -0.2) is 33.9 Å². The van der Waals surface area contributed by atoms with Gasteiger partial charge in [0.1, 0.15) is 6.10 Å². The van der Waals surface area contributed by atoms with Crippen molar-refractivity contribution in [2.24, 2.45) is 0 Å². The van der Waals surface area contributed by atoms with Gasteiger partial charge in [-0.05, 0) is 17.1 Å². The molecule has 102 valence electrons. The van der Waals surface area contributed by atoms with E-state index in [0.29, 0.717) is 11.2 Å². The highest BCUT2D eigenvalue weighted by atomic mass is 32.2. The fraction of sp³-hybridized carbons (Fsp3) is 0.571. The van der Waals surface area contributed by atoms with Crippen LogP contribution in [0.3, 0.4) is 0 Å². The quantitative estimate of drug-likeness (QED) is 0.705. The number of ether oxygens (including phenoxy) is 1. The summed E-state index contributed by atoms with van der Waals surface area (Å²) in [6.07, 6.45) is -0.0971. The van der Waals surface area contributed by atoms with Crippen LogP contribution in [0.4, 0.5) is 0 Å². The molecular formula is C14H22O2S2. The maximum atomic E-state index is 9.48. The zero-order valence-electron chi connectivity index (χ0n) is 11.0. The normalized spacial score (nSPS) is 12.9. The molecule has 0 bridgehead atoms. The average molecular weight is 286 g/mol. The van der Waals surface area contributed by atoms with Gasteiger partial charge in [-0.25, -0.2) is 0 Å². The minimum Gasteiger partial charge on any atom is -0.394 e. The Kier molecular flexibility index (Phi) is 8.59. The van der Waals surface area contributed by atoms with Gasteiger partial charge < -0.3 is 9.84 Å². The minimum absolute atomic E-state index is 0.0809. The van der Waals surface area contributed by atoms with Crippen molar-refractivity contribution >= 4 is 23.5 Å². The van der Waals surface area contributed by atoms with Gasteiger partial charge in [0.25, 0.3) is 0 Å². The number of aliphatic hydroxyl groups is 1. The summed E-state index contributed by atoms with van der Waals surface area (Å²) in [5, 5.41) is 9.48. The largest absolute Gasteiger partial charge is 0.394 e. The van der Waals surface area contributed by atoms with Crippen LogP contribution in [0.15, 0.2) is 30.3 Å². The van der Waals surface area contributed by atoms with E-state index in [-0.39, 0.29) is 12.7 Å². The first-order chi connectivity index (χ1) is 8.81. The molecule has 0 heterocycles. The Balaban J connectivity index is 2.48. The fourth-order valence-electron chi connectivity index (χ4n) is 1.59. The van der Waals surface area contributed by atoms with E-state index in [9.17, 15) is 5.11 Å². The van der Waals surface area contributed by atoms with Crippen LogP contribution in [0.5, 0.6) is 0 Å². The van der Waals surface area contributed by atoms with E-state index in [0.717, 1.165) is 17.1 Å². The van der Waals surface area contributed by atoms with Crippen LogP contribution in [-0.2, 0) is 11.3 Å². The van der Waals surface area contributed by atoms with Crippen molar-refractivity contribution in [3.05, 3.63) is 35.9 Å². The van der Waals surface area contributed by atoms with Gasteiger partial charge in [-0.3, -0.25) is 0 Å². The maximum Gasteiger partial charge on any atom is 0.102 e. The molecule has 0 aromatic heterocycles. The lowest BCUT2D eigenvalue weighted by Crippen LogP contribution is -2.28. The Morgan fingerprint density at radius 1 is 1.11 bits per heavy atom. The summed E-state index contributed by atoms with van der Waals surface area (Å²) in [5.74, 6) is 2.09. The second-order valence-corrected chi connectivity index (χ2v) is 6.93. The van der Waals surface area contributed by atoms with E-state index in [1.807, 2.05) is 53.9 Å². The lowest BCUT2D eigenvalue weighted by Gasteiger charge is -2.24. The predicted molar refractivity (Wildman–Crippen MR) is 82.2 cm³/mol. The van der Waals surface area contributed by atoms with E-state index >= 15 is 0 Å². The Hall–Kier alpha value is -0.160. The zero-order chi connectivity index (χ0) is 13.2. The summed E-state index contributed by atoms with van der Waals surface area (Å²) in [5.41, 5.74) is 1.15. The summed E-state index contributed by atoms with van der Waals surface area (Å²) in [6.45, 7) is 4.92. The van der Waals surface area contributed by atoms with Crippen LogP contribution in [0.2, 0.25) is 0 Å². The molecule has 1 N–H and O–H groups in total. The van der Waals surface area contributed by atoms with Crippen LogP contribution in [0, 0.1) is 0 Å². The lowest BCUT2D eigenvalue weighted by atomic mass is 10.2.